The van der Waals surface area contributed by atoms with Crippen LogP contribution in [0, 0.1) is 5.92 Å². The number of fused-ring (bicyclic) bond motifs is 1. The normalized spacial score (nSPS) is 15.5. The first kappa shape index (κ1) is 26.0. The van der Waals surface area contributed by atoms with Crippen LogP contribution in [0.3, 0.4) is 0 Å². The molecule has 37 heavy (non-hydrogen) atoms. The Morgan fingerprint density at radius 2 is 1.70 bits per heavy atom. The van der Waals surface area contributed by atoms with Gasteiger partial charge in [0.25, 0.3) is 0 Å². The van der Waals surface area contributed by atoms with E-state index in [0.29, 0.717) is 40.3 Å². The molecule has 188 valence electrons. The van der Waals surface area contributed by atoms with Crippen LogP contribution in [0.4, 0.5) is 5.69 Å². The maximum atomic E-state index is 13.2. The van der Waals surface area contributed by atoms with E-state index in [1.165, 1.54) is 0 Å². The Balaban J connectivity index is 1.60. The molecule has 3 aromatic carbocycles. The molecule has 5 heteroatoms. The molecule has 0 amide bonds. The number of esters is 1. The minimum atomic E-state index is -0.605. The Morgan fingerprint density at radius 1 is 1.03 bits per heavy atom. The molecule has 0 aromatic heterocycles. The Morgan fingerprint density at radius 3 is 2.38 bits per heavy atom. The molecular formula is C32H31NO4. The molecule has 3 aromatic rings. The molecule has 0 N–H and O–H groups in total. The molecule has 0 fully saturated rings. The monoisotopic (exact) mass is 493 g/mol. The van der Waals surface area contributed by atoms with Crippen molar-refractivity contribution >= 4 is 28.9 Å². The van der Waals surface area contributed by atoms with Crippen molar-refractivity contribution in [2.24, 2.45) is 10.9 Å². The third-order valence-corrected chi connectivity index (χ3v) is 6.66. The van der Waals surface area contributed by atoms with Gasteiger partial charge in [0.2, 0.25) is 0 Å². The first-order chi connectivity index (χ1) is 17.7. The molecular weight excluding hydrogens is 462 g/mol. The average molecular weight is 494 g/mol. The van der Waals surface area contributed by atoms with Gasteiger partial charge in [-0.15, -0.1) is 0 Å². The van der Waals surface area contributed by atoms with Crippen molar-refractivity contribution < 1.29 is 19.1 Å². The molecule has 1 aliphatic rings. The van der Waals surface area contributed by atoms with Gasteiger partial charge in [0, 0.05) is 23.6 Å². The second-order valence-electron chi connectivity index (χ2n) is 9.66. The van der Waals surface area contributed by atoms with Crippen molar-refractivity contribution in [1.82, 2.24) is 0 Å². The van der Waals surface area contributed by atoms with Crippen molar-refractivity contribution in [3.63, 3.8) is 0 Å². The van der Waals surface area contributed by atoms with Gasteiger partial charge in [-0.25, -0.2) is 4.79 Å². The fraction of sp³-hybridized carbons (Fsp3) is 0.250. The second-order valence-corrected chi connectivity index (χ2v) is 9.66. The van der Waals surface area contributed by atoms with Crippen LogP contribution >= 0.6 is 0 Å². The molecule has 5 nitrogen and oxygen atoms in total. The summed E-state index contributed by atoms with van der Waals surface area (Å²) in [5, 5.41) is 0. The number of allylic oxidation sites excluding steroid dienone is 1. The highest BCUT2D eigenvalue weighted by Gasteiger charge is 2.33. The summed E-state index contributed by atoms with van der Waals surface area (Å²) in [6.45, 7) is 11.5. The first-order valence-electron chi connectivity index (χ1n) is 12.5. The van der Waals surface area contributed by atoms with Crippen LogP contribution in [-0.2, 0) is 17.6 Å². The number of para-hydroxylation sites is 1. The molecule has 0 radical (unpaired) electrons. The van der Waals surface area contributed by atoms with Crippen LogP contribution in [0.2, 0.25) is 0 Å². The van der Waals surface area contributed by atoms with Gasteiger partial charge in [-0.1, -0.05) is 57.7 Å². The summed E-state index contributed by atoms with van der Waals surface area (Å²) in [6.07, 6.45) is 1.23. The van der Waals surface area contributed by atoms with E-state index in [9.17, 15) is 14.4 Å². The second kappa shape index (κ2) is 10.9. The van der Waals surface area contributed by atoms with Crippen LogP contribution in [0.15, 0.2) is 83.9 Å². The third-order valence-electron chi connectivity index (χ3n) is 6.66. The number of ether oxygens (including phenoxy) is 1. The first-order valence-corrected chi connectivity index (χ1v) is 12.5. The number of benzene rings is 3. The van der Waals surface area contributed by atoms with Crippen molar-refractivity contribution in [2.75, 3.05) is 0 Å². The fourth-order valence-corrected chi connectivity index (χ4v) is 4.58. The number of nitrogens with zero attached hydrogens (tertiary/aromatic N) is 1. The maximum Gasteiger partial charge on any atom is 0.343 e. The standard InChI is InChI=1S/C32H31NO4/c1-6-22-9-7-8-10-28(22)37-32(36)23-13-15-26(16-14-23)33-21(5)29-27-18-25(30(34)19(2)3)12-11-24(27)17-20(4)31(29)35/h7-16,18-19,29H,4,6,17H2,1-3,5H3. The summed E-state index contributed by atoms with van der Waals surface area (Å²) in [7, 11) is 0. The maximum absolute atomic E-state index is 13.2. The summed E-state index contributed by atoms with van der Waals surface area (Å²) in [6, 6.07) is 19.8. The van der Waals surface area contributed by atoms with Gasteiger partial charge in [0.1, 0.15) is 5.75 Å². The van der Waals surface area contributed by atoms with Gasteiger partial charge < -0.3 is 4.74 Å². The SMILES string of the molecule is C=C1Cc2ccc(C(=O)C(C)C)cc2C(C(C)=Nc2ccc(C(=O)Oc3ccccc3CC)cc2)C1=O. The zero-order chi connectivity index (χ0) is 26.7. The van der Waals surface area contributed by atoms with E-state index >= 15 is 0 Å². The molecule has 1 atom stereocenters. The lowest BCUT2D eigenvalue weighted by Crippen LogP contribution is -2.28. The van der Waals surface area contributed by atoms with E-state index < -0.39 is 11.9 Å². The van der Waals surface area contributed by atoms with Crippen molar-refractivity contribution in [3.8, 4) is 5.75 Å². The van der Waals surface area contributed by atoms with E-state index in [-0.39, 0.29) is 17.5 Å². The Hall–Kier alpha value is -4.12. The number of Topliss-reactive ketones (excluding diaryl/α,β-unsaturated/α-hetero) is 2. The molecule has 1 aliphatic carbocycles. The number of ketones is 2. The zero-order valence-electron chi connectivity index (χ0n) is 21.7. The van der Waals surface area contributed by atoms with Crippen LogP contribution in [0.1, 0.15) is 71.0 Å². The number of aryl methyl sites for hydroxylation is 1. The largest absolute Gasteiger partial charge is 0.423 e. The van der Waals surface area contributed by atoms with E-state index in [4.69, 9.17) is 9.73 Å². The minimum Gasteiger partial charge on any atom is -0.423 e. The smallest absolute Gasteiger partial charge is 0.343 e. The van der Waals surface area contributed by atoms with Gasteiger partial charge in [0.05, 0.1) is 17.2 Å². The lowest BCUT2D eigenvalue weighted by Gasteiger charge is -2.26. The van der Waals surface area contributed by atoms with Gasteiger partial charge in [-0.05, 0) is 72.0 Å². The summed E-state index contributed by atoms with van der Waals surface area (Å²) in [5.41, 5.74) is 5.50. The summed E-state index contributed by atoms with van der Waals surface area (Å²) >= 11 is 0. The molecule has 0 spiro atoms. The molecule has 0 heterocycles. The topological polar surface area (TPSA) is 72.8 Å². The quantitative estimate of drug-likeness (QED) is 0.118. The molecule has 0 aliphatic heterocycles. The van der Waals surface area contributed by atoms with Crippen LogP contribution in [0.25, 0.3) is 0 Å². The molecule has 1 unspecified atom stereocenters. The van der Waals surface area contributed by atoms with E-state index in [1.807, 2.05) is 64.1 Å². The van der Waals surface area contributed by atoms with Gasteiger partial charge in [-0.2, -0.15) is 0 Å². The number of carbonyl (C=O) groups is 3. The molecule has 4 rings (SSSR count). The molecule has 0 saturated carbocycles. The predicted molar refractivity (Wildman–Crippen MR) is 146 cm³/mol. The van der Waals surface area contributed by atoms with Crippen molar-refractivity contribution in [2.45, 2.75) is 46.5 Å². The van der Waals surface area contributed by atoms with E-state index in [1.54, 1.807) is 30.3 Å². The highest BCUT2D eigenvalue weighted by atomic mass is 16.5. The fourth-order valence-electron chi connectivity index (χ4n) is 4.58. The molecule has 0 bridgehead atoms. The number of hydrogen-bond acceptors (Lipinski definition) is 5. The Kier molecular flexibility index (Phi) is 7.63. The summed E-state index contributed by atoms with van der Waals surface area (Å²) in [5.74, 6) is -0.677. The third kappa shape index (κ3) is 5.51. The highest BCUT2D eigenvalue weighted by molar-refractivity contribution is 6.17. The highest BCUT2D eigenvalue weighted by Crippen LogP contribution is 2.34. The minimum absolute atomic E-state index is 0.0389. The summed E-state index contributed by atoms with van der Waals surface area (Å²) in [4.78, 5) is 43.2. The zero-order valence-corrected chi connectivity index (χ0v) is 21.7. The van der Waals surface area contributed by atoms with Crippen molar-refractivity contribution in [3.05, 3.63) is 107 Å². The van der Waals surface area contributed by atoms with E-state index in [2.05, 4.69) is 6.58 Å². The number of rotatable bonds is 7. The van der Waals surface area contributed by atoms with Crippen LogP contribution in [0.5, 0.6) is 5.75 Å². The van der Waals surface area contributed by atoms with Gasteiger partial charge in [0.15, 0.2) is 11.6 Å². The Labute approximate surface area is 217 Å². The predicted octanol–water partition coefficient (Wildman–Crippen LogP) is 6.86. The van der Waals surface area contributed by atoms with Gasteiger partial charge in [-0.3, -0.25) is 14.6 Å². The molecule has 0 saturated heterocycles. The van der Waals surface area contributed by atoms with Crippen molar-refractivity contribution in [1.29, 1.82) is 0 Å². The lowest BCUT2D eigenvalue weighted by molar-refractivity contribution is -0.115. The van der Waals surface area contributed by atoms with Gasteiger partial charge >= 0.3 is 5.97 Å². The lowest BCUT2D eigenvalue weighted by atomic mass is 9.76. The average Bonchev–Trinajstić information content (AvgIpc) is 2.89. The number of hydrogen-bond donors (Lipinski definition) is 0. The number of aliphatic imine (C=N–C) groups is 1. The number of carbonyl (C=O) groups excluding carboxylic acids is 3. The van der Waals surface area contributed by atoms with Crippen LogP contribution < -0.4 is 4.74 Å². The van der Waals surface area contributed by atoms with E-state index in [0.717, 1.165) is 23.1 Å². The van der Waals surface area contributed by atoms with Crippen LogP contribution in [-0.4, -0.2) is 23.2 Å². The Bertz CT molecular complexity index is 1410. The summed E-state index contributed by atoms with van der Waals surface area (Å²) < 4.78 is 5.59.